The van der Waals surface area contributed by atoms with Crippen molar-refractivity contribution in [2.24, 2.45) is 10.2 Å². The predicted molar refractivity (Wildman–Crippen MR) is 111 cm³/mol. The lowest BCUT2D eigenvalue weighted by atomic mass is 9.79. The molecule has 4 heteroatoms. The Balaban J connectivity index is 1.34. The standard InChI is InChI=1S/C23H42N2O2/c1-2-3-4-5-6-7-8-9-10-11-12-13-14-15-22(26)27-20-23-18-16-21(17-19-23)24-25-23/h21H,2-20H2,1H3. The molecule has 27 heavy (non-hydrogen) atoms. The molecule has 1 aliphatic carbocycles. The Hall–Kier alpha value is -0.930. The fourth-order valence-corrected chi connectivity index (χ4v) is 4.31. The minimum atomic E-state index is -0.180. The number of hydrogen-bond donors (Lipinski definition) is 0. The van der Waals surface area contributed by atoms with E-state index >= 15 is 0 Å². The second-order valence-corrected chi connectivity index (χ2v) is 8.82. The summed E-state index contributed by atoms with van der Waals surface area (Å²) in [6.45, 7) is 2.72. The molecule has 0 aromatic rings. The van der Waals surface area contributed by atoms with Crippen molar-refractivity contribution in [1.29, 1.82) is 0 Å². The van der Waals surface area contributed by atoms with Gasteiger partial charge in [-0.1, -0.05) is 84.0 Å². The number of unbranched alkanes of at least 4 members (excludes halogenated alkanes) is 12. The summed E-state index contributed by atoms with van der Waals surface area (Å²) in [5.74, 6) is -0.0460. The lowest BCUT2D eigenvalue weighted by molar-refractivity contribution is -0.146. The largest absolute Gasteiger partial charge is 0.463 e. The highest BCUT2D eigenvalue weighted by Crippen LogP contribution is 2.38. The zero-order valence-electron chi connectivity index (χ0n) is 17.7. The molecule has 0 amide bonds. The molecule has 2 aliphatic heterocycles. The van der Waals surface area contributed by atoms with E-state index in [0.29, 0.717) is 19.1 Å². The van der Waals surface area contributed by atoms with Gasteiger partial charge in [-0.05, 0) is 32.1 Å². The van der Waals surface area contributed by atoms with Gasteiger partial charge in [0.2, 0.25) is 0 Å². The smallest absolute Gasteiger partial charge is 0.305 e. The maximum Gasteiger partial charge on any atom is 0.305 e. The summed E-state index contributed by atoms with van der Waals surface area (Å²) in [5, 5.41) is 8.74. The number of hydrogen-bond acceptors (Lipinski definition) is 4. The molecule has 0 saturated heterocycles. The number of ether oxygens (including phenoxy) is 1. The van der Waals surface area contributed by atoms with Crippen LogP contribution in [0.4, 0.5) is 0 Å². The molecule has 1 fully saturated rings. The van der Waals surface area contributed by atoms with Crippen molar-refractivity contribution in [1.82, 2.24) is 0 Å². The van der Waals surface area contributed by atoms with E-state index < -0.39 is 0 Å². The lowest BCUT2D eigenvalue weighted by Gasteiger charge is -2.38. The number of nitrogens with zero attached hydrogens (tertiary/aromatic N) is 2. The van der Waals surface area contributed by atoms with Crippen molar-refractivity contribution in [2.45, 2.75) is 134 Å². The normalized spacial score (nSPS) is 23.7. The number of rotatable bonds is 16. The number of carbonyl (C=O) groups excluding carboxylic acids is 1. The summed E-state index contributed by atoms with van der Waals surface area (Å²) in [4.78, 5) is 12.0. The summed E-state index contributed by atoms with van der Waals surface area (Å²) in [6, 6.07) is 0.438. The summed E-state index contributed by atoms with van der Waals surface area (Å²) in [7, 11) is 0. The Morgan fingerprint density at radius 1 is 0.852 bits per heavy atom. The molecule has 2 heterocycles. The van der Waals surface area contributed by atoms with Crippen molar-refractivity contribution in [2.75, 3.05) is 6.61 Å². The molecule has 0 aromatic carbocycles. The molecule has 156 valence electrons. The number of carbonyl (C=O) groups is 1. The molecular formula is C23H42N2O2. The van der Waals surface area contributed by atoms with Crippen LogP contribution in [0.3, 0.4) is 0 Å². The van der Waals surface area contributed by atoms with Crippen molar-refractivity contribution in [3.05, 3.63) is 0 Å². The minimum absolute atomic E-state index is 0.0460. The molecule has 4 nitrogen and oxygen atoms in total. The molecule has 1 saturated carbocycles. The molecule has 0 N–H and O–H groups in total. The first kappa shape index (κ1) is 22.4. The van der Waals surface area contributed by atoms with Crippen LogP contribution in [-0.4, -0.2) is 24.2 Å². The van der Waals surface area contributed by atoms with Gasteiger partial charge in [0.15, 0.2) is 0 Å². The molecule has 2 bridgehead atoms. The summed E-state index contributed by atoms with van der Waals surface area (Å²) >= 11 is 0. The zero-order valence-corrected chi connectivity index (χ0v) is 17.7. The van der Waals surface area contributed by atoms with Crippen LogP contribution in [-0.2, 0) is 9.53 Å². The van der Waals surface area contributed by atoms with Crippen LogP contribution in [0.5, 0.6) is 0 Å². The molecule has 0 unspecified atom stereocenters. The number of azo groups is 1. The SMILES string of the molecule is CCCCCCCCCCCCCCCC(=O)OCC12CCC(CC1)N=N2. The highest BCUT2D eigenvalue weighted by atomic mass is 16.5. The summed E-state index contributed by atoms with van der Waals surface area (Å²) in [6.07, 6.45) is 22.1. The van der Waals surface area contributed by atoms with Crippen molar-refractivity contribution >= 4 is 5.97 Å². The van der Waals surface area contributed by atoms with Crippen molar-refractivity contribution < 1.29 is 9.53 Å². The Bertz CT molecular complexity index is 428. The molecule has 0 spiro atoms. The fraction of sp³-hybridized carbons (Fsp3) is 0.957. The first-order valence-corrected chi connectivity index (χ1v) is 11.8. The van der Waals surface area contributed by atoms with Gasteiger partial charge in [0.1, 0.15) is 12.1 Å². The third kappa shape index (κ3) is 9.21. The van der Waals surface area contributed by atoms with Crippen LogP contribution in [0.15, 0.2) is 10.2 Å². The fourth-order valence-electron chi connectivity index (χ4n) is 4.31. The first-order chi connectivity index (χ1) is 13.2. The van der Waals surface area contributed by atoms with Gasteiger partial charge in [-0.15, -0.1) is 0 Å². The molecule has 3 aliphatic rings. The molecular weight excluding hydrogens is 336 g/mol. The van der Waals surface area contributed by atoms with Crippen LogP contribution in [0.1, 0.15) is 122 Å². The van der Waals surface area contributed by atoms with E-state index in [-0.39, 0.29) is 11.5 Å². The third-order valence-corrected chi connectivity index (χ3v) is 6.31. The average molecular weight is 379 g/mol. The van der Waals surface area contributed by atoms with E-state index in [0.717, 1.165) is 38.5 Å². The van der Waals surface area contributed by atoms with Crippen molar-refractivity contribution in [3.8, 4) is 0 Å². The maximum absolute atomic E-state index is 12.0. The van der Waals surface area contributed by atoms with Gasteiger partial charge in [-0.2, -0.15) is 10.2 Å². The topological polar surface area (TPSA) is 51.0 Å². The first-order valence-electron chi connectivity index (χ1n) is 11.8. The van der Waals surface area contributed by atoms with Crippen LogP contribution in [0.25, 0.3) is 0 Å². The van der Waals surface area contributed by atoms with Gasteiger partial charge >= 0.3 is 5.97 Å². The van der Waals surface area contributed by atoms with Gasteiger partial charge < -0.3 is 4.74 Å². The highest BCUT2D eigenvalue weighted by Gasteiger charge is 2.40. The van der Waals surface area contributed by atoms with E-state index in [9.17, 15) is 4.79 Å². The van der Waals surface area contributed by atoms with E-state index in [2.05, 4.69) is 17.2 Å². The number of esters is 1. The van der Waals surface area contributed by atoms with E-state index in [4.69, 9.17) is 4.74 Å². The molecule has 0 aromatic heterocycles. The average Bonchev–Trinajstić information content (AvgIpc) is 2.71. The zero-order chi connectivity index (χ0) is 19.2. The van der Waals surface area contributed by atoms with Gasteiger partial charge in [0.05, 0.1) is 6.04 Å². The molecule has 0 atom stereocenters. The van der Waals surface area contributed by atoms with Crippen LogP contribution < -0.4 is 0 Å². The third-order valence-electron chi connectivity index (χ3n) is 6.31. The predicted octanol–water partition coefficient (Wildman–Crippen LogP) is 7.16. The quantitative estimate of drug-likeness (QED) is 0.211. The molecule has 0 radical (unpaired) electrons. The second-order valence-electron chi connectivity index (χ2n) is 8.82. The maximum atomic E-state index is 12.0. The van der Waals surface area contributed by atoms with Crippen LogP contribution in [0.2, 0.25) is 0 Å². The Morgan fingerprint density at radius 2 is 1.37 bits per heavy atom. The second kappa shape index (κ2) is 13.3. The van der Waals surface area contributed by atoms with Crippen LogP contribution >= 0.6 is 0 Å². The van der Waals surface area contributed by atoms with Crippen LogP contribution in [0, 0.1) is 0 Å². The Morgan fingerprint density at radius 3 is 1.85 bits per heavy atom. The van der Waals surface area contributed by atoms with E-state index in [1.54, 1.807) is 0 Å². The minimum Gasteiger partial charge on any atom is -0.463 e. The highest BCUT2D eigenvalue weighted by molar-refractivity contribution is 5.69. The van der Waals surface area contributed by atoms with E-state index in [1.165, 1.54) is 70.6 Å². The monoisotopic (exact) mass is 378 g/mol. The van der Waals surface area contributed by atoms with Gasteiger partial charge in [-0.25, -0.2) is 0 Å². The number of fused-ring (bicyclic) bond motifs is 2. The van der Waals surface area contributed by atoms with E-state index in [1.807, 2.05) is 0 Å². The Kier molecular flexibility index (Phi) is 11.0. The Labute approximate surface area is 166 Å². The van der Waals surface area contributed by atoms with Gasteiger partial charge in [0, 0.05) is 6.42 Å². The summed E-state index contributed by atoms with van der Waals surface area (Å²) in [5.41, 5.74) is -0.180. The molecule has 3 rings (SSSR count). The van der Waals surface area contributed by atoms with Gasteiger partial charge in [-0.3, -0.25) is 4.79 Å². The van der Waals surface area contributed by atoms with Gasteiger partial charge in [0.25, 0.3) is 0 Å². The summed E-state index contributed by atoms with van der Waals surface area (Å²) < 4.78 is 5.51. The van der Waals surface area contributed by atoms with Crippen molar-refractivity contribution in [3.63, 3.8) is 0 Å². The lowest BCUT2D eigenvalue weighted by Crippen LogP contribution is -2.42.